The highest BCUT2D eigenvalue weighted by Crippen LogP contribution is 2.08. The van der Waals surface area contributed by atoms with Crippen molar-refractivity contribution < 1.29 is 0 Å². The minimum atomic E-state index is 0.987. The average molecular weight is 248 g/mol. The largest absolute Gasteiger partial charge is 0.313 e. The molecule has 0 radical (unpaired) electrons. The maximum Gasteiger partial charge on any atom is 0.0205 e. The van der Waals surface area contributed by atoms with Gasteiger partial charge in [0.25, 0.3) is 0 Å². The molecule has 18 heavy (non-hydrogen) atoms. The lowest BCUT2D eigenvalue weighted by Gasteiger charge is -2.17. The molecule has 102 valence electrons. The first kappa shape index (κ1) is 15.2. The molecule has 0 bridgehead atoms. The summed E-state index contributed by atoms with van der Waals surface area (Å²) in [5.74, 6) is 0. The molecule has 0 atom stereocenters. The van der Waals surface area contributed by atoms with E-state index < -0.39 is 0 Å². The Bertz CT molecular complexity index is 323. The first-order valence-corrected chi connectivity index (χ1v) is 7.16. The maximum absolute atomic E-state index is 3.53. The van der Waals surface area contributed by atoms with Crippen LogP contribution in [0, 0.1) is 13.8 Å². The van der Waals surface area contributed by atoms with E-state index in [-0.39, 0.29) is 0 Å². The summed E-state index contributed by atoms with van der Waals surface area (Å²) in [5.41, 5.74) is 4.11. The number of rotatable bonds is 8. The molecule has 0 saturated carbocycles. The molecule has 0 heterocycles. The monoisotopic (exact) mass is 248 g/mol. The van der Waals surface area contributed by atoms with Crippen molar-refractivity contribution in [2.75, 3.05) is 26.2 Å². The zero-order valence-electron chi connectivity index (χ0n) is 12.4. The third kappa shape index (κ3) is 5.65. The van der Waals surface area contributed by atoms with Gasteiger partial charge in [0.1, 0.15) is 0 Å². The fraction of sp³-hybridized carbons (Fsp3) is 0.625. The molecule has 0 amide bonds. The van der Waals surface area contributed by atoms with Crippen LogP contribution in [0.4, 0.5) is 0 Å². The van der Waals surface area contributed by atoms with Crippen LogP contribution in [0.25, 0.3) is 0 Å². The summed E-state index contributed by atoms with van der Waals surface area (Å²) in [7, 11) is 0. The summed E-state index contributed by atoms with van der Waals surface area (Å²) in [4.78, 5) is 2.47. The van der Waals surface area contributed by atoms with E-state index in [4.69, 9.17) is 0 Å². The van der Waals surface area contributed by atoms with Crippen LogP contribution in [-0.4, -0.2) is 31.1 Å². The van der Waals surface area contributed by atoms with Crippen LogP contribution >= 0.6 is 0 Å². The van der Waals surface area contributed by atoms with Crippen LogP contribution in [0.15, 0.2) is 18.2 Å². The summed E-state index contributed by atoms with van der Waals surface area (Å²) < 4.78 is 0. The van der Waals surface area contributed by atoms with Gasteiger partial charge >= 0.3 is 0 Å². The number of aryl methyl sites for hydroxylation is 2. The van der Waals surface area contributed by atoms with Gasteiger partial charge in [0.15, 0.2) is 0 Å². The Kier molecular flexibility index (Phi) is 6.99. The quantitative estimate of drug-likeness (QED) is 0.711. The molecule has 0 aromatic heterocycles. The van der Waals surface area contributed by atoms with Gasteiger partial charge in [-0.15, -0.1) is 0 Å². The summed E-state index contributed by atoms with van der Waals surface area (Å²) in [6.45, 7) is 14.4. The third-order valence-electron chi connectivity index (χ3n) is 3.33. The molecular weight excluding hydrogens is 220 g/mol. The molecule has 2 nitrogen and oxygen atoms in total. The Hall–Kier alpha value is -0.860. The zero-order valence-corrected chi connectivity index (χ0v) is 12.4. The van der Waals surface area contributed by atoms with Crippen molar-refractivity contribution in [1.29, 1.82) is 0 Å². The number of hydrogen-bond donors (Lipinski definition) is 1. The Morgan fingerprint density at radius 3 is 2.17 bits per heavy atom. The third-order valence-corrected chi connectivity index (χ3v) is 3.33. The summed E-state index contributed by atoms with van der Waals surface area (Å²) in [6, 6.07) is 6.76. The molecular formula is C16H28N2. The van der Waals surface area contributed by atoms with E-state index in [1.54, 1.807) is 0 Å². The summed E-state index contributed by atoms with van der Waals surface area (Å²) >= 11 is 0. The predicted molar refractivity (Wildman–Crippen MR) is 80.0 cm³/mol. The van der Waals surface area contributed by atoms with Gasteiger partial charge in [-0.25, -0.2) is 0 Å². The van der Waals surface area contributed by atoms with Crippen LogP contribution in [-0.2, 0) is 6.54 Å². The second kappa shape index (κ2) is 8.28. The van der Waals surface area contributed by atoms with Crippen molar-refractivity contribution in [3.8, 4) is 0 Å². The molecule has 2 heteroatoms. The topological polar surface area (TPSA) is 15.3 Å². The fourth-order valence-electron chi connectivity index (χ4n) is 2.37. The van der Waals surface area contributed by atoms with Gasteiger partial charge < -0.3 is 10.2 Å². The van der Waals surface area contributed by atoms with Gasteiger partial charge in [0, 0.05) is 6.54 Å². The van der Waals surface area contributed by atoms with E-state index in [1.807, 2.05) is 0 Å². The van der Waals surface area contributed by atoms with Crippen LogP contribution in [0.5, 0.6) is 0 Å². The molecule has 0 aliphatic heterocycles. The minimum Gasteiger partial charge on any atom is -0.313 e. The van der Waals surface area contributed by atoms with E-state index in [2.05, 4.69) is 56.1 Å². The fourth-order valence-corrected chi connectivity index (χ4v) is 2.37. The Balaban J connectivity index is 2.21. The lowest BCUT2D eigenvalue weighted by molar-refractivity contribution is 0.298. The highest BCUT2D eigenvalue weighted by Gasteiger charge is 1.99. The number of hydrogen-bond acceptors (Lipinski definition) is 2. The molecule has 0 aliphatic carbocycles. The molecule has 1 aromatic rings. The Morgan fingerprint density at radius 2 is 1.61 bits per heavy atom. The van der Waals surface area contributed by atoms with Gasteiger partial charge in [-0.05, 0) is 52.0 Å². The normalized spacial score (nSPS) is 11.2. The van der Waals surface area contributed by atoms with Crippen molar-refractivity contribution in [2.45, 2.75) is 40.7 Å². The molecule has 1 aromatic carbocycles. The number of nitrogens with zero attached hydrogens (tertiary/aromatic N) is 1. The standard InChI is InChI=1S/C16H28N2/c1-5-18(6-2)9-7-8-17-13-16-11-14(3)10-15(4)12-16/h10-12,17H,5-9,13H2,1-4H3. The van der Waals surface area contributed by atoms with Crippen molar-refractivity contribution in [3.05, 3.63) is 34.9 Å². The first-order chi connectivity index (χ1) is 8.65. The molecule has 0 saturated heterocycles. The predicted octanol–water partition coefficient (Wildman–Crippen LogP) is 3.12. The first-order valence-electron chi connectivity index (χ1n) is 7.16. The highest BCUT2D eigenvalue weighted by atomic mass is 15.1. The lowest BCUT2D eigenvalue weighted by Crippen LogP contribution is -2.27. The minimum absolute atomic E-state index is 0.987. The van der Waals surface area contributed by atoms with Crippen molar-refractivity contribution >= 4 is 0 Å². The molecule has 0 fully saturated rings. The molecule has 1 rings (SSSR count). The van der Waals surface area contributed by atoms with E-state index in [9.17, 15) is 0 Å². The number of nitrogens with one attached hydrogen (secondary N) is 1. The van der Waals surface area contributed by atoms with Gasteiger partial charge in [-0.1, -0.05) is 43.2 Å². The molecule has 0 spiro atoms. The summed E-state index contributed by atoms with van der Waals surface area (Å²) in [5, 5.41) is 3.53. The van der Waals surface area contributed by atoms with Crippen LogP contribution in [0.1, 0.15) is 37.0 Å². The Labute approximate surface area is 112 Å². The van der Waals surface area contributed by atoms with E-state index in [0.717, 1.165) is 26.2 Å². The molecule has 0 aliphatic rings. The van der Waals surface area contributed by atoms with Crippen LogP contribution < -0.4 is 5.32 Å². The van der Waals surface area contributed by atoms with E-state index in [1.165, 1.54) is 29.7 Å². The molecule has 1 N–H and O–H groups in total. The van der Waals surface area contributed by atoms with Crippen LogP contribution in [0.3, 0.4) is 0 Å². The van der Waals surface area contributed by atoms with Crippen LogP contribution in [0.2, 0.25) is 0 Å². The van der Waals surface area contributed by atoms with Crippen molar-refractivity contribution in [1.82, 2.24) is 10.2 Å². The Morgan fingerprint density at radius 1 is 1.00 bits per heavy atom. The van der Waals surface area contributed by atoms with Crippen molar-refractivity contribution in [3.63, 3.8) is 0 Å². The second-order valence-electron chi connectivity index (χ2n) is 5.05. The highest BCUT2D eigenvalue weighted by molar-refractivity contribution is 5.28. The van der Waals surface area contributed by atoms with Gasteiger partial charge in [0.2, 0.25) is 0 Å². The van der Waals surface area contributed by atoms with Gasteiger partial charge in [0.05, 0.1) is 0 Å². The van der Waals surface area contributed by atoms with Gasteiger partial charge in [-0.2, -0.15) is 0 Å². The SMILES string of the molecule is CCN(CC)CCCNCc1cc(C)cc(C)c1. The van der Waals surface area contributed by atoms with E-state index in [0.29, 0.717) is 0 Å². The lowest BCUT2D eigenvalue weighted by atomic mass is 10.1. The van der Waals surface area contributed by atoms with E-state index >= 15 is 0 Å². The zero-order chi connectivity index (χ0) is 13.4. The number of benzene rings is 1. The van der Waals surface area contributed by atoms with Crippen molar-refractivity contribution in [2.24, 2.45) is 0 Å². The average Bonchev–Trinajstić information content (AvgIpc) is 2.32. The summed E-state index contributed by atoms with van der Waals surface area (Å²) in [6.07, 6.45) is 1.23. The molecule has 0 unspecified atom stereocenters. The van der Waals surface area contributed by atoms with Gasteiger partial charge in [-0.3, -0.25) is 0 Å². The maximum atomic E-state index is 3.53. The second-order valence-corrected chi connectivity index (χ2v) is 5.05. The smallest absolute Gasteiger partial charge is 0.0205 e.